The predicted octanol–water partition coefficient (Wildman–Crippen LogP) is 6.47. The Morgan fingerprint density at radius 1 is 1.29 bits per heavy atom. The Bertz CT molecular complexity index is 1190. The van der Waals surface area contributed by atoms with Crippen molar-refractivity contribution < 1.29 is 9.53 Å². The molecule has 4 rings (SSSR count). The summed E-state index contributed by atoms with van der Waals surface area (Å²) in [5.74, 6) is 6.99. The van der Waals surface area contributed by atoms with Crippen LogP contribution in [-0.4, -0.2) is 24.1 Å². The number of unbranched alkanes of at least 4 members (excludes halogenated alkanes) is 3. The lowest BCUT2D eigenvalue weighted by Crippen LogP contribution is -2.29. The minimum absolute atomic E-state index is 0.0643. The summed E-state index contributed by atoms with van der Waals surface area (Å²) in [6.45, 7) is 1.70. The minimum Gasteiger partial charge on any atom is -0.468 e. The molecule has 1 aliphatic carbocycles. The molecule has 34 heavy (non-hydrogen) atoms. The molecule has 0 saturated carbocycles. The number of fused-ring (bicyclic) bond motifs is 1. The Kier molecular flexibility index (Phi) is 9.00. The number of nitrogens with zero attached hydrogens (tertiary/aromatic N) is 1. The molecule has 3 N–H and O–H groups in total. The molecule has 3 aromatic heterocycles. The van der Waals surface area contributed by atoms with Crippen LogP contribution < -0.4 is 11.1 Å². The molecule has 0 fully saturated rings. The van der Waals surface area contributed by atoms with Crippen molar-refractivity contribution in [3.8, 4) is 11.8 Å². The van der Waals surface area contributed by atoms with E-state index in [4.69, 9.17) is 27.1 Å². The van der Waals surface area contributed by atoms with Crippen molar-refractivity contribution in [3.05, 3.63) is 56.2 Å². The number of carbonyl (C=O) groups excluding carboxylic acids is 1. The third kappa shape index (κ3) is 6.19. The van der Waals surface area contributed by atoms with E-state index >= 15 is 0 Å². The number of pyridine rings is 1. The maximum Gasteiger partial charge on any atom is 0.293 e. The summed E-state index contributed by atoms with van der Waals surface area (Å²) in [6, 6.07) is 6.14. The van der Waals surface area contributed by atoms with Crippen LogP contribution in [0.5, 0.6) is 0 Å². The number of nitrogens with one attached hydrogen (secondary N) is 1. The third-order valence-electron chi connectivity index (χ3n) is 5.83. The Balaban J connectivity index is 1.63. The molecule has 0 amide bonds. The smallest absolute Gasteiger partial charge is 0.293 e. The third-order valence-corrected chi connectivity index (χ3v) is 8.25. The number of halogens is 1. The molecule has 3 heterocycles. The van der Waals surface area contributed by atoms with E-state index in [2.05, 4.69) is 46.8 Å². The van der Waals surface area contributed by atoms with Crippen LogP contribution in [0.3, 0.4) is 0 Å². The first-order valence-electron chi connectivity index (χ1n) is 11.5. The Labute approximate surface area is 213 Å². The standard InChI is InChI=1S/C26H28ClN3O2S2/c27-23-15-22(29-16-18-9-8-14-33-18)26-24(30-23)20(11-4-2-1-3-7-13-32-17-31)25(34-26)19-10-5-6-12-21(19)28/h5-6,8-9,14-15,17,19,21H,1-3,7,10,12-13,16,28H2,(H,29,30)/t19-,21-/m0/s1. The monoisotopic (exact) mass is 513 g/mol. The number of allylic oxidation sites excluding steroid dienone is 1. The first-order chi connectivity index (χ1) is 16.7. The van der Waals surface area contributed by atoms with E-state index in [1.54, 1.807) is 22.7 Å². The molecule has 1 aliphatic rings. The van der Waals surface area contributed by atoms with Crippen LogP contribution in [0.2, 0.25) is 5.15 Å². The van der Waals surface area contributed by atoms with Crippen LogP contribution >= 0.6 is 34.3 Å². The molecule has 0 unspecified atom stereocenters. The van der Waals surface area contributed by atoms with Gasteiger partial charge in [-0.1, -0.05) is 41.7 Å². The van der Waals surface area contributed by atoms with Gasteiger partial charge >= 0.3 is 0 Å². The van der Waals surface area contributed by atoms with Gasteiger partial charge in [-0.3, -0.25) is 4.79 Å². The van der Waals surface area contributed by atoms with Gasteiger partial charge in [0.2, 0.25) is 0 Å². The van der Waals surface area contributed by atoms with E-state index in [0.717, 1.165) is 66.5 Å². The normalized spacial score (nSPS) is 17.4. The van der Waals surface area contributed by atoms with Crippen LogP contribution in [0.25, 0.3) is 10.2 Å². The number of carbonyl (C=O) groups is 1. The molecule has 8 heteroatoms. The summed E-state index contributed by atoms with van der Waals surface area (Å²) in [7, 11) is 0. The Hall–Kier alpha value is -2.37. The second-order valence-electron chi connectivity index (χ2n) is 8.24. The number of ether oxygens (including phenoxy) is 1. The topological polar surface area (TPSA) is 77.2 Å². The van der Waals surface area contributed by atoms with E-state index in [-0.39, 0.29) is 12.0 Å². The lowest BCUT2D eigenvalue weighted by Gasteiger charge is -2.24. The SMILES string of the molecule is N[C@H]1CC=CC[C@@H]1c1sc2c(NCc3cccs3)cc(Cl)nc2c1C#CCCCCCOC=O. The quantitative estimate of drug-likeness (QED) is 0.107. The number of hydrogen-bond acceptors (Lipinski definition) is 7. The molecular weight excluding hydrogens is 486 g/mol. The van der Waals surface area contributed by atoms with Crippen LogP contribution in [0, 0.1) is 11.8 Å². The molecule has 0 spiro atoms. The van der Waals surface area contributed by atoms with Crippen LogP contribution in [0.4, 0.5) is 5.69 Å². The van der Waals surface area contributed by atoms with Crippen LogP contribution in [0.1, 0.15) is 59.8 Å². The molecule has 2 atom stereocenters. The first-order valence-corrected chi connectivity index (χ1v) is 13.6. The number of anilines is 1. The molecule has 0 saturated heterocycles. The lowest BCUT2D eigenvalue weighted by molar-refractivity contribution is -0.128. The number of thiophene rings is 2. The number of aromatic nitrogens is 1. The second-order valence-corrected chi connectivity index (χ2v) is 10.7. The van der Waals surface area contributed by atoms with Gasteiger partial charge in [0.15, 0.2) is 0 Å². The summed E-state index contributed by atoms with van der Waals surface area (Å²) in [5, 5.41) is 6.09. The van der Waals surface area contributed by atoms with Gasteiger partial charge in [0, 0.05) is 40.7 Å². The van der Waals surface area contributed by atoms with Gasteiger partial charge in [0.25, 0.3) is 6.47 Å². The van der Waals surface area contributed by atoms with Gasteiger partial charge in [0.1, 0.15) is 10.7 Å². The number of hydrogen-bond donors (Lipinski definition) is 2. The van der Waals surface area contributed by atoms with E-state index in [1.807, 2.05) is 6.07 Å². The average Bonchev–Trinajstić information content (AvgIpc) is 3.48. The first kappa shape index (κ1) is 24.7. The fourth-order valence-corrected chi connectivity index (χ4v) is 6.29. The summed E-state index contributed by atoms with van der Waals surface area (Å²) in [4.78, 5) is 17.4. The fourth-order valence-electron chi connectivity index (χ4n) is 4.07. The lowest BCUT2D eigenvalue weighted by atomic mass is 9.87. The highest BCUT2D eigenvalue weighted by atomic mass is 35.5. The van der Waals surface area contributed by atoms with Crippen molar-refractivity contribution in [2.45, 2.75) is 57.0 Å². The van der Waals surface area contributed by atoms with E-state index in [1.165, 1.54) is 9.75 Å². The molecule has 5 nitrogen and oxygen atoms in total. The molecule has 178 valence electrons. The van der Waals surface area contributed by atoms with Gasteiger partial charge in [-0.25, -0.2) is 4.98 Å². The van der Waals surface area contributed by atoms with Gasteiger partial charge in [-0.2, -0.15) is 0 Å². The van der Waals surface area contributed by atoms with Crippen molar-refractivity contribution >= 4 is 56.7 Å². The predicted molar refractivity (Wildman–Crippen MR) is 143 cm³/mol. The second kappa shape index (κ2) is 12.4. The van der Waals surface area contributed by atoms with Crippen molar-refractivity contribution in [1.29, 1.82) is 0 Å². The molecule has 0 bridgehead atoms. The molecule has 0 aromatic carbocycles. The van der Waals surface area contributed by atoms with Crippen LogP contribution in [0.15, 0.2) is 35.7 Å². The molecule has 0 radical (unpaired) electrons. The van der Waals surface area contributed by atoms with Crippen molar-refractivity contribution in [2.75, 3.05) is 11.9 Å². The van der Waals surface area contributed by atoms with E-state index in [9.17, 15) is 4.79 Å². The minimum atomic E-state index is 0.0643. The average molecular weight is 514 g/mol. The molecular formula is C26H28ClN3O2S2. The maximum absolute atomic E-state index is 10.2. The highest BCUT2D eigenvalue weighted by molar-refractivity contribution is 7.20. The summed E-state index contributed by atoms with van der Waals surface area (Å²) >= 11 is 9.92. The zero-order valence-corrected chi connectivity index (χ0v) is 21.3. The van der Waals surface area contributed by atoms with Gasteiger partial charge in [-0.05, 0) is 43.6 Å². The van der Waals surface area contributed by atoms with E-state index < -0.39 is 0 Å². The molecule has 0 aliphatic heterocycles. The van der Waals surface area contributed by atoms with E-state index in [0.29, 0.717) is 18.2 Å². The number of rotatable bonds is 10. The summed E-state index contributed by atoms with van der Waals surface area (Å²) in [5.41, 5.74) is 9.34. The van der Waals surface area contributed by atoms with Crippen molar-refractivity contribution in [1.82, 2.24) is 4.98 Å². The van der Waals surface area contributed by atoms with Crippen molar-refractivity contribution in [2.24, 2.45) is 5.73 Å². The summed E-state index contributed by atoms with van der Waals surface area (Å²) < 4.78 is 5.82. The Morgan fingerprint density at radius 2 is 2.18 bits per heavy atom. The van der Waals surface area contributed by atoms with Gasteiger partial charge in [0.05, 0.1) is 22.6 Å². The highest BCUT2D eigenvalue weighted by Gasteiger charge is 2.27. The highest BCUT2D eigenvalue weighted by Crippen LogP contribution is 2.43. The van der Waals surface area contributed by atoms with Crippen molar-refractivity contribution in [3.63, 3.8) is 0 Å². The largest absolute Gasteiger partial charge is 0.468 e. The fraction of sp³-hybridized carbons (Fsp3) is 0.385. The number of nitrogens with two attached hydrogens (primary N) is 1. The van der Waals surface area contributed by atoms with Gasteiger partial charge < -0.3 is 15.8 Å². The summed E-state index contributed by atoms with van der Waals surface area (Å²) in [6.07, 6.45) is 9.71. The van der Waals surface area contributed by atoms with Gasteiger partial charge in [-0.15, -0.1) is 22.7 Å². The zero-order chi connectivity index (χ0) is 23.8. The zero-order valence-electron chi connectivity index (χ0n) is 18.9. The Morgan fingerprint density at radius 3 is 2.97 bits per heavy atom. The van der Waals surface area contributed by atoms with Crippen LogP contribution in [-0.2, 0) is 16.1 Å². The maximum atomic E-state index is 10.2. The molecule has 3 aromatic rings.